The van der Waals surface area contributed by atoms with E-state index in [-0.39, 0.29) is 10.8 Å². The zero-order valence-corrected chi connectivity index (χ0v) is 7.51. The van der Waals surface area contributed by atoms with Crippen LogP contribution in [0, 0.1) is 5.82 Å². The summed E-state index contributed by atoms with van der Waals surface area (Å²) in [6.45, 7) is 0. The number of aromatic amines is 1. The molecule has 0 unspecified atom stereocenters. The zero-order chi connectivity index (χ0) is 10.1. The van der Waals surface area contributed by atoms with Gasteiger partial charge in [0.15, 0.2) is 5.82 Å². The van der Waals surface area contributed by atoms with Crippen molar-refractivity contribution in [1.29, 1.82) is 0 Å². The molecule has 0 saturated heterocycles. The van der Waals surface area contributed by atoms with Crippen molar-refractivity contribution in [3.8, 4) is 11.4 Å². The molecule has 4 nitrogen and oxygen atoms in total. The van der Waals surface area contributed by atoms with Crippen LogP contribution in [0.15, 0.2) is 27.5 Å². The van der Waals surface area contributed by atoms with Gasteiger partial charge in [-0.15, -0.1) is 0 Å². The van der Waals surface area contributed by atoms with Crippen molar-refractivity contribution >= 4 is 11.6 Å². The quantitative estimate of drug-likeness (QED) is 0.788. The molecule has 0 aliphatic carbocycles. The average molecular weight is 215 g/mol. The van der Waals surface area contributed by atoms with Crippen LogP contribution in [0.1, 0.15) is 0 Å². The van der Waals surface area contributed by atoms with Gasteiger partial charge >= 0.3 is 5.76 Å². The van der Waals surface area contributed by atoms with Crippen molar-refractivity contribution in [2.45, 2.75) is 0 Å². The van der Waals surface area contributed by atoms with Crippen LogP contribution >= 0.6 is 11.6 Å². The van der Waals surface area contributed by atoms with Gasteiger partial charge in [-0.3, -0.25) is 9.51 Å². The maximum atomic E-state index is 12.8. The van der Waals surface area contributed by atoms with E-state index in [0.29, 0.717) is 5.56 Å². The number of H-pyrrole nitrogens is 1. The van der Waals surface area contributed by atoms with Crippen molar-refractivity contribution in [3.05, 3.63) is 39.6 Å². The Kier molecular flexibility index (Phi) is 2.09. The summed E-state index contributed by atoms with van der Waals surface area (Å²) in [7, 11) is 0. The molecular formula is C8H4ClFN2O2. The largest absolute Gasteiger partial charge is 0.439 e. The van der Waals surface area contributed by atoms with Gasteiger partial charge in [-0.25, -0.2) is 9.18 Å². The van der Waals surface area contributed by atoms with E-state index in [9.17, 15) is 9.18 Å². The maximum Gasteiger partial charge on any atom is 0.439 e. The highest BCUT2D eigenvalue weighted by Gasteiger charge is 2.06. The van der Waals surface area contributed by atoms with Crippen LogP contribution in [0.2, 0.25) is 5.02 Å². The predicted octanol–water partition coefficient (Wildman–Crippen LogP) is 1.82. The fourth-order valence-corrected chi connectivity index (χ4v) is 1.18. The predicted molar refractivity (Wildman–Crippen MR) is 47.5 cm³/mol. The first-order chi connectivity index (χ1) is 6.66. The second-order valence-electron chi connectivity index (χ2n) is 2.57. The fraction of sp³-hybridized carbons (Fsp3) is 0. The van der Waals surface area contributed by atoms with Crippen LogP contribution in [0.5, 0.6) is 0 Å². The van der Waals surface area contributed by atoms with E-state index in [1.807, 2.05) is 0 Å². The van der Waals surface area contributed by atoms with E-state index in [2.05, 4.69) is 14.7 Å². The Morgan fingerprint density at radius 1 is 1.50 bits per heavy atom. The fourth-order valence-electron chi connectivity index (χ4n) is 0.998. The van der Waals surface area contributed by atoms with E-state index in [4.69, 9.17) is 11.6 Å². The standard InChI is InChI=1S/C8H4ClFN2O2/c9-5-3-4(1-2-6(5)10)7-11-8(13)14-12-7/h1-3H,(H,11,12,13). The number of rotatable bonds is 1. The number of aromatic nitrogens is 2. The second-order valence-corrected chi connectivity index (χ2v) is 2.98. The lowest BCUT2D eigenvalue weighted by Crippen LogP contribution is -1.94. The van der Waals surface area contributed by atoms with Gasteiger partial charge in [0.05, 0.1) is 5.02 Å². The van der Waals surface area contributed by atoms with Crippen LogP contribution in [0.25, 0.3) is 11.4 Å². The van der Waals surface area contributed by atoms with Gasteiger partial charge in [0.2, 0.25) is 0 Å². The Hall–Kier alpha value is -1.62. The van der Waals surface area contributed by atoms with Gasteiger partial charge in [0, 0.05) is 5.56 Å². The molecule has 0 saturated carbocycles. The molecule has 2 aromatic rings. The molecule has 0 fully saturated rings. The molecule has 14 heavy (non-hydrogen) atoms. The number of hydrogen-bond acceptors (Lipinski definition) is 3. The molecule has 1 aromatic carbocycles. The molecule has 6 heteroatoms. The van der Waals surface area contributed by atoms with Gasteiger partial charge in [-0.2, -0.15) is 0 Å². The monoisotopic (exact) mass is 214 g/mol. The van der Waals surface area contributed by atoms with Gasteiger partial charge in [0.1, 0.15) is 5.82 Å². The maximum absolute atomic E-state index is 12.8. The molecule has 72 valence electrons. The topological polar surface area (TPSA) is 58.9 Å². The van der Waals surface area contributed by atoms with Crippen LogP contribution in [0.3, 0.4) is 0 Å². The van der Waals surface area contributed by atoms with E-state index in [1.54, 1.807) is 0 Å². The molecule has 1 aromatic heterocycles. The highest BCUT2D eigenvalue weighted by molar-refractivity contribution is 6.31. The van der Waals surface area contributed by atoms with Crippen LogP contribution < -0.4 is 5.76 Å². The molecule has 2 rings (SSSR count). The highest BCUT2D eigenvalue weighted by Crippen LogP contribution is 2.21. The minimum atomic E-state index is -0.666. The molecule has 0 aliphatic heterocycles. The second kappa shape index (κ2) is 3.26. The molecule has 0 amide bonds. The summed E-state index contributed by atoms with van der Waals surface area (Å²) in [5, 5.41) is 3.40. The Balaban J connectivity index is 2.52. The molecule has 0 bridgehead atoms. The summed E-state index contributed by atoms with van der Waals surface area (Å²) in [4.78, 5) is 12.9. The van der Waals surface area contributed by atoms with E-state index in [1.165, 1.54) is 18.2 Å². The highest BCUT2D eigenvalue weighted by atomic mass is 35.5. The first-order valence-electron chi connectivity index (χ1n) is 3.68. The van der Waals surface area contributed by atoms with Gasteiger partial charge < -0.3 is 0 Å². The summed E-state index contributed by atoms with van der Waals surface area (Å²) >= 11 is 5.55. The molecule has 0 aliphatic rings. The van der Waals surface area contributed by atoms with Crippen molar-refractivity contribution in [1.82, 2.24) is 10.1 Å². The molecule has 0 atom stereocenters. The van der Waals surface area contributed by atoms with Crippen LogP contribution in [0.4, 0.5) is 4.39 Å². The lowest BCUT2D eigenvalue weighted by atomic mass is 10.2. The number of nitrogens with zero attached hydrogens (tertiary/aromatic N) is 1. The van der Waals surface area contributed by atoms with E-state index >= 15 is 0 Å². The van der Waals surface area contributed by atoms with Crippen molar-refractivity contribution < 1.29 is 8.91 Å². The minimum absolute atomic E-state index is 0.0358. The Morgan fingerprint density at radius 2 is 2.29 bits per heavy atom. The smallest absolute Gasteiger partial charge is 0.296 e. The Bertz CT molecular complexity index is 520. The zero-order valence-electron chi connectivity index (χ0n) is 6.75. The lowest BCUT2D eigenvalue weighted by molar-refractivity contribution is 0.388. The minimum Gasteiger partial charge on any atom is -0.296 e. The van der Waals surface area contributed by atoms with E-state index < -0.39 is 11.6 Å². The average Bonchev–Trinajstić information content (AvgIpc) is 2.57. The van der Waals surface area contributed by atoms with Crippen LogP contribution in [-0.2, 0) is 0 Å². The van der Waals surface area contributed by atoms with Gasteiger partial charge in [0.25, 0.3) is 0 Å². The Morgan fingerprint density at radius 3 is 2.86 bits per heavy atom. The SMILES string of the molecule is O=c1[nH]c(-c2ccc(F)c(Cl)c2)no1. The number of benzene rings is 1. The van der Waals surface area contributed by atoms with Gasteiger partial charge in [-0.05, 0) is 18.2 Å². The molecule has 0 spiro atoms. The molecule has 1 heterocycles. The van der Waals surface area contributed by atoms with E-state index in [0.717, 1.165) is 0 Å². The number of halogens is 2. The molecule has 0 radical (unpaired) electrons. The lowest BCUT2D eigenvalue weighted by Gasteiger charge is -1.96. The van der Waals surface area contributed by atoms with Gasteiger partial charge in [-0.1, -0.05) is 16.8 Å². The third-order valence-electron chi connectivity index (χ3n) is 1.63. The normalized spacial score (nSPS) is 10.4. The summed E-state index contributed by atoms with van der Waals surface area (Å²) in [6, 6.07) is 3.98. The summed E-state index contributed by atoms with van der Waals surface area (Å²) in [5.74, 6) is -0.974. The first-order valence-corrected chi connectivity index (χ1v) is 4.06. The summed E-state index contributed by atoms with van der Waals surface area (Å²) in [6.07, 6.45) is 0. The molecular weight excluding hydrogens is 211 g/mol. The van der Waals surface area contributed by atoms with Crippen molar-refractivity contribution in [3.63, 3.8) is 0 Å². The first kappa shape index (κ1) is 8.96. The van der Waals surface area contributed by atoms with Crippen LogP contribution in [-0.4, -0.2) is 10.1 Å². The summed E-state index contributed by atoms with van der Waals surface area (Å²) in [5.41, 5.74) is 0.488. The summed E-state index contributed by atoms with van der Waals surface area (Å²) < 4.78 is 17.1. The molecule has 1 N–H and O–H groups in total. The Labute approximate surface area is 82.3 Å². The number of hydrogen-bond donors (Lipinski definition) is 1. The van der Waals surface area contributed by atoms with Crippen molar-refractivity contribution in [2.75, 3.05) is 0 Å². The third-order valence-corrected chi connectivity index (χ3v) is 1.92. The third kappa shape index (κ3) is 1.54. The van der Waals surface area contributed by atoms with Crippen molar-refractivity contribution in [2.24, 2.45) is 0 Å². The number of nitrogens with one attached hydrogen (secondary N) is 1.